The van der Waals surface area contributed by atoms with Crippen LogP contribution in [0.25, 0.3) is 0 Å². The van der Waals surface area contributed by atoms with E-state index in [-0.39, 0.29) is 22.6 Å². The summed E-state index contributed by atoms with van der Waals surface area (Å²) in [6, 6.07) is 12.0. The molecule has 0 aromatic heterocycles. The van der Waals surface area contributed by atoms with Gasteiger partial charge in [0.15, 0.2) is 0 Å². The topological polar surface area (TPSA) is 70.0 Å². The van der Waals surface area contributed by atoms with Crippen LogP contribution in [0.4, 0.5) is 10.1 Å². The summed E-state index contributed by atoms with van der Waals surface area (Å²) in [5.74, 6) is -0.533. The van der Waals surface area contributed by atoms with Gasteiger partial charge >= 0.3 is 0 Å². The van der Waals surface area contributed by atoms with Crippen LogP contribution in [0.1, 0.15) is 11.1 Å². The lowest BCUT2D eigenvalue weighted by Crippen LogP contribution is -2.13. The molecule has 0 aliphatic carbocycles. The fourth-order valence-corrected chi connectivity index (χ4v) is 2.84. The molecule has 0 heterocycles. The Bertz CT molecular complexity index is 793. The van der Waals surface area contributed by atoms with Gasteiger partial charge in [0.25, 0.3) is 10.0 Å². The summed E-state index contributed by atoms with van der Waals surface area (Å²) in [6.45, 7) is 1.86. The maximum absolute atomic E-state index is 13.4. The molecular weight excluding hydrogens is 291 g/mol. The molecule has 0 amide bonds. The summed E-state index contributed by atoms with van der Waals surface area (Å²) < 4.78 is 40.2. The second-order valence-corrected chi connectivity index (χ2v) is 6.24. The predicted octanol–water partition coefficient (Wildman–Crippen LogP) is 3.00. The molecule has 2 rings (SSSR count). The molecule has 0 spiro atoms. The van der Waals surface area contributed by atoms with E-state index >= 15 is 0 Å². The van der Waals surface area contributed by atoms with E-state index in [1.807, 2.05) is 13.0 Å². The van der Waals surface area contributed by atoms with E-state index in [2.05, 4.69) is 4.72 Å². The van der Waals surface area contributed by atoms with Gasteiger partial charge in [0, 0.05) is 11.3 Å². The summed E-state index contributed by atoms with van der Waals surface area (Å²) in [5, 5.41) is 8.62. The zero-order chi connectivity index (χ0) is 15.5. The third kappa shape index (κ3) is 3.58. The first-order valence-corrected chi connectivity index (χ1v) is 7.65. The van der Waals surface area contributed by atoms with Crippen LogP contribution >= 0.6 is 0 Å². The summed E-state index contributed by atoms with van der Waals surface area (Å²) in [6.07, 6.45) is -0.119. The number of rotatable bonds is 4. The molecule has 0 saturated heterocycles. The van der Waals surface area contributed by atoms with Crippen molar-refractivity contribution >= 4 is 15.7 Å². The highest BCUT2D eigenvalue weighted by atomic mass is 32.2. The summed E-state index contributed by atoms with van der Waals surface area (Å²) in [7, 11) is -3.73. The SMILES string of the molecule is Cc1ccc(S(=O)(=O)Nc2ccc(F)c(CC#N)c2)cc1. The second kappa shape index (κ2) is 5.94. The number of nitriles is 1. The maximum Gasteiger partial charge on any atom is 0.261 e. The quantitative estimate of drug-likeness (QED) is 0.944. The normalized spacial score (nSPS) is 10.9. The van der Waals surface area contributed by atoms with Crippen LogP contribution in [0, 0.1) is 24.1 Å². The van der Waals surface area contributed by atoms with Gasteiger partial charge in [-0.05, 0) is 37.3 Å². The lowest BCUT2D eigenvalue weighted by molar-refractivity contribution is 0.600. The van der Waals surface area contributed by atoms with Gasteiger partial charge in [-0.15, -0.1) is 0 Å². The minimum atomic E-state index is -3.73. The van der Waals surface area contributed by atoms with Gasteiger partial charge in [0.1, 0.15) is 5.82 Å². The number of halogens is 1. The number of aryl methyl sites for hydroxylation is 1. The number of anilines is 1. The lowest BCUT2D eigenvalue weighted by atomic mass is 10.1. The monoisotopic (exact) mass is 304 g/mol. The Morgan fingerprint density at radius 3 is 2.48 bits per heavy atom. The average molecular weight is 304 g/mol. The van der Waals surface area contributed by atoms with Crippen LogP contribution < -0.4 is 4.72 Å². The highest BCUT2D eigenvalue weighted by molar-refractivity contribution is 7.92. The van der Waals surface area contributed by atoms with Gasteiger partial charge in [-0.1, -0.05) is 17.7 Å². The average Bonchev–Trinajstić information content (AvgIpc) is 2.43. The third-order valence-electron chi connectivity index (χ3n) is 2.90. The summed E-state index contributed by atoms with van der Waals surface area (Å²) >= 11 is 0. The Balaban J connectivity index is 2.31. The molecule has 0 unspecified atom stereocenters. The number of nitrogens with zero attached hydrogens (tertiary/aromatic N) is 1. The molecule has 108 valence electrons. The molecular formula is C15H13FN2O2S. The van der Waals surface area contributed by atoms with Crippen LogP contribution in [0.3, 0.4) is 0 Å². The standard InChI is InChI=1S/C15H13FN2O2S/c1-11-2-5-14(6-3-11)21(19,20)18-13-4-7-15(16)12(10-13)8-9-17/h2-7,10,18H,8H2,1H3. The van der Waals surface area contributed by atoms with Crippen molar-refractivity contribution in [1.82, 2.24) is 0 Å². The Labute approximate surface area is 122 Å². The van der Waals surface area contributed by atoms with E-state index in [0.717, 1.165) is 11.6 Å². The first kappa shape index (κ1) is 15.0. The largest absolute Gasteiger partial charge is 0.280 e. The van der Waals surface area contributed by atoms with Crippen LogP contribution in [0.15, 0.2) is 47.4 Å². The highest BCUT2D eigenvalue weighted by Crippen LogP contribution is 2.19. The first-order chi connectivity index (χ1) is 9.92. The van der Waals surface area contributed by atoms with Crippen molar-refractivity contribution in [2.75, 3.05) is 4.72 Å². The molecule has 0 radical (unpaired) electrons. The van der Waals surface area contributed by atoms with Crippen LogP contribution in [0.2, 0.25) is 0 Å². The smallest absolute Gasteiger partial charge is 0.261 e. The van der Waals surface area contributed by atoms with E-state index in [0.29, 0.717) is 0 Å². The summed E-state index contributed by atoms with van der Waals surface area (Å²) in [4.78, 5) is 0.124. The number of hydrogen-bond donors (Lipinski definition) is 1. The zero-order valence-electron chi connectivity index (χ0n) is 11.3. The van der Waals surface area contributed by atoms with Crippen molar-refractivity contribution in [1.29, 1.82) is 5.26 Å². The van der Waals surface area contributed by atoms with E-state index in [9.17, 15) is 12.8 Å². The Morgan fingerprint density at radius 2 is 1.86 bits per heavy atom. The first-order valence-electron chi connectivity index (χ1n) is 6.17. The molecule has 2 aromatic carbocycles. The summed E-state index contributed by atoms with van der Waals surface area (Å²) in [5.41, 5.74) is 1.33. The van der Waals surface area contributed by atoms with Crippen molar-refractivity contribution in [3.63, 3.8) is 0 Å². The Hall–Kier alpha value is -2.39. The van der Waals surface area contributed by atoms with E-state index < -0.39 is 15.8 Å². The number of benzene rings is 2. The van der Waals surface area contributed by atoms with E-state index in [4.69, 9.17) is 5.26 Å². The molecule has 2 aromatic rings. The maximum atomic E-state index is 13.4. The third-order valence-corrected chi connectivity index (χ3v) is 4.30. The molecule has 4 nitrogen and oxygen atoms in total. The molecule has 0 saturated carbocycles. The molecule has 0 atom stereocenters. The van der Waals surface area contributed by atoms with Crippen LogP contribution in [0.5, 0.6) is 0 Å². The molecule has 0 aliphatic rings. The van der Waals surface area contributed by atoms with Crippen molar-refractivity contribution in [2.24, 2.45) is 0 Å². The zero-order valence-corrected chi connectivity index (χ0v) is 12.1. The molecule has 0 bridgehead atoms. The van der Waals surface area contributed by atoms with Gasteiger partial charge in [0.05, 0.1) is 17.4 Å². The molecule has 0 fully saturated rings. The minimum absolute atomic E-state index is 0.119. The number of nitrogens with one attached hydrogen (secondary N) is 1. The highest BCUT2D eigenvalue weighted by Gasteiger charge is 2.14. The van der Waals surface area contributed by atoms with Crippen LogP contribution in [-0.4, -0.2) is 8.42 Å². The Kier molecular flexibility index (Phi) is 4.24. The molecule has 21 heavy (non-hydrogen) atoms. The predicted molar refractivity (Wildman–Crippen MR) is 77.7 cm³/mol. The molecule has 1 N–H and O–H groups in total. The van der Waals surface area contributed by atoms with Gasteiger partial charge in [-0.3, -0.25) is 4.72 Å². The van der Waals surface area contributed by atoms with Crippen molar-refractivity contribution < 1.29 is 12.8 Å². The lowest BCUT2D eigenvalue weighted by Gasteiger charge is -2.09. The fourth-order valence-electron chi connectivity index (χ4n) is 1.79. The number of sulfonamides is 1. The molecule has 6 heteroatoms. The number of hydrogen-bond acceptors (Lipinski definition) is 3. The van der Waals surface area contributed by atoms with Crippen molar-refractivity contribution in [3.05, 3.63) is 59.4 Å². The fraction of sp³-hybridized carbons (Fsp3) is 0.133. The van der Waals surface area contributed by atoms with Gasteiger partial charge < -0.3 is 0 Å². The minimum Gasteiger partial charge on any atom is -0.280 e. The second-order valence-electron chi connectivity index (χ2n) is 4.56. The molecule has 0 aliphatic heterocycles. The van der Waals surface area contributed by atoms with Gasteiger partial charge in [0.2, 0.25) is 0 Å². The van der Waals surface area contributed by atoms with Crippen molar-refractivity contribution in [3.8, 4) is 6.07 Å². The van der Waals surface area contributed by atoms with Crippen molar-refractivity contribution in [2.45, 2.75) is 18.2 Å². The van der Waals surface area contributed by atoms with E-state index in [1.165, 1.54) is 24.3 Å². The Morgan fingerprint density at radius 1 is 1.19 bits per heavy atom. The van der Waals surface area contributed by atoms with Gasteiger partial charge in [-0.25, -0.2) is 12.8 Å². The van der Waals surface area contributed by atoms with Gasteiger partial charge in [-0.2, -0.15) is 5.26 Å². The van der Waals surface area contributed by atoms with Crippen LogP contribution in [-0.2, 0) is 16.4 Å². The van der Waals surface area contributed by atoms with E-state index in [1.54, 1.807) is 12.1 Å².